The Morgan fingerprint density at radius 3 is 2.53 bits per heavy atom. The second kappa shape index (κ2) is 4.38. The lowest BCUT2D eigenvalue weighted by atomic mass is 10.1. The number of anilines is 2. The van der Waals surface area contributed by atoms with Gasteiger partial charge in [-0.1, -0.05) is 6.07 Å². The van der Waals surface area contributed by atoms with Crippen LogP contribution in [0.25, 0.3) is 0 Å². The average molecular weight is 261 g/mol. The van der Waals surface area contributed by atoms with Crippen molar-refractivity contribution >= 4 is 29.2 Å². The summed E-state index contributed by atoms with van der Waals surface area (Å²) < 4.78 is 0. The second-order valence-corrected chi connectivity index (χ2v) is 4.93. The van der Waals surface area contributed by atoms with Crippen molar-refractivity contribution in [2.45, 2.75) is 26.3 Å². The van der Waals surface area contributed by atoms with E-state index in [0.717, 1.165) is 4.90 Å². The summed E-state index contributed by atoms with van der Waals surface area (Å²) in [5.74, 6) is -0.535. The highest BCUT2D eigenvalue weighted by atomic mass is 16.2. The van der Waals surface area contributed by atoms with Crippen LogP contribution in [0.15, 0.2) is 24.3 Å². The molecule has 1 aliphatic heterocycles. The van der Waals surface area contributed by atoms with Gasteiger partial charge in [-0.3, -0.25) is 9.59 Å². The quantitative estimate of drug-likeness (QED) is 0.791. The molecule has 1 heterocycles. The van der Waals surface area contributed by atoms with E-state index in [2.05, 4.69) is 10.6 Å². The van der Waals surface area contributed by atoms with Crippen LogP contribution < -0.4 is 15.5 Å². The Bertz CT molecular complexity index is 566. The number of carbonyl (C=O) groups is 3. The van der Waals surface area contributed by atoms with Gasteiger partial charge in [-0.05, 0) is 32.0 Å². The van der Waals surface area contributed by atoms with E-state index in [4.69, 9.17) is 0 Å². The fourth-order valence-electron chi connectivity index (χ4n) is 1.91. The van der Waals surface area contributed by atoms with Crippen molar-refractivity contribution in [2.24, 2.45) is 0 Å². The van der Waals surface area contributed by atoms with Gasteiger partial charge in [0.25, 0.3) is 5.91 Å². The van der Waals surface area contributed by atoms with Gasteiger partial charge in [-0.15, -0.1) is 0 Å². The van der Waals surface area contributed by atoms with E-state index >= 15 is 0 Å². The minimum atomic E-state index is -0.916. The molecule has 19 heavy (non-hydrogen) atoms. The molecule has 4 amide bonds. The molecule has 2 rings (SSSR count). The maximum Gasteiger partial charge on any atom is 0.329 e. The summed E-state index contributed by atoms with van der Waals surface area (Å²) in [5, 5.41) is 5.21. The third-order valence-electron chi connectivity index (χ3n) is 2.78. The molecule has 1 fully saturated rings. The molecule has 1 saturated heterocycles. The van der Waals surface area contributed by atoms with Crippen LogP contribution in [-0.2, 0) is 9.59 Å². The number of nitrogens with one attached hydrogen (secondary N) is 2. The predicted molar refractivity (Wildman–Crippen MR) is 70.8 cm³/mol. The molecule has 0 atom stereocenters. The molecule has 1 aromatic carbocycles. The maximum absolute atomic E-state index is 12.1. The highest BCUT2D eigenvalue weighted by molar-refractivity contribution is 6.23. The van der Waals surface area contributed by atoms with Crippen molar-refractivity contribution in [2.75, 3.05) is 10.2 Å². The van der Waals surface area contributed by atoms with Crippen molar-refractivity contribution in [3.63, 3.8) is 0 Å². The largest absolute Gasteiger partial charge is 0.329 e. The summed E-state index contributed by atoms with van der Waals surface area (Å²) in [6, 6.07) is 6.13. The first-order valence-electron chi connectivity index (χ1n) is 5.85. The first kappa shape index (κ1) is 13.1. The predicted octanol–water partition coefficient (Wildman–Crippen LogP) is 1.48. The summed E-state index contributed by atoms with van der Waals surface area (Å²) in [6.07, 6.45) is 0. The minimum Gasteiger partial charge on any atom is -0.326 e. The fourth-order valence-corrected chi connectivity index (χ4v) is 1.91. The van der Waals surface area contributed by atoms with Gasteiger partial charge in [-0.2, -0.15) is 0 Å². The average Bonchev–Trinajstić information content (AvgIpc) is 2.47. The summed E-state index contributed by atoms with van der Waals surface area (Å²) in [6.45, 7) is 4.68. The van der Waals surface area contributed by atoms with Crippen molar-refractivity contribution in [1.82, 2.24) is 5.32 Å². The van der Waals surface area contributed by atoms with Gasteiger partial charge < -0.3 is 10.6 Å². The van der Waals surface area contributed by atoms with Crippen LogP contribution in [0.3, 0.4) is 0 Å². The summed E-state index contributed by atoms with van der Waals surface area (Å²) in [5.41, 5.74) is 0.0517. The molecule has 2 N–H and O–H groups in total. The molecule has 1 aromatic rings. The molecule has 6 nitrogen and oxygen atoms in total. The Hall–Kier alpha value is -2.37. The topological polar surface area (TPSA) is 78.5 Å². The van der Waals surface area contributed by atoms with Gasteiger partial charge in [0.05, 0.1) is 5.69 Å². The number of rotatable bonds is 2. The molecule has 0 unspecified atom stereocenters. The van der Waals surface area contributed by atoms with Crippen LogP contribution in [0.4, 0.5) is 16.2 Å². The summed E-state index contributed by atoms with van der Waals surface area (Å²) in [7, 11) is 0. The fraction of sp³-hybridized carbons (Fsp3) is 0.308. The van der Waals surface area contributed by atoms with E-state index in [-0.39, 0.29) is 11.8 Å². The Kier molecular flexibility index (Phi) is 3.01. The number of imide groups is 1. The molecule has 0 aromatic heterocycles. The van der Waals surface area contributed by atoms with Crippen LogP contribution in [0.2, 0.25) is 0 Å². The smallest absolute Gasteiger partial charge is 0.326 e. The van der Waals surface area contributed by atoms with Gasteiger partial charge in [0.1, 0.15) is 5.54 Å². The van der Waals surface area contributed by atoms with Gasteiger partial charge in [0.2, 0.25) is 5.91 Å². The van der Waals surface area contributed by atoms with E-state index in [9.17, 15) is 14.4 Å². The Morgan fingerprint density at radius 1 is 1.32 bits per heavy atom. The van der Waals surface area contributed by atoms with Crippen molar-refractivity contribution in [3.05, 3.63) is 24.3 Å². The molecular weight excluding hydrogens is 246 g/mol. The number of benzene rings is 1. The van der Waals surface area contributed by atoms with Crippen LogP contribution in [0, 0.1) is 0 Å². The SMILES string of the molecule is CC(=O)Nc1cccc(N2C(=O)NC(C)(C)C2=O)c1. The number of hydrogen-bond acceptors (Lipinski definition) is 3. The van der Waals surface area contributed by atoms with E-state index in [1.165, 1.54) is 6.92 Å². The number of urea groups is 1. The highest BCUT2D eigenvalue weighted by Gasteiger charge is 2.45. The van der Waals surface area contributed by atoms with Gasteiger partial charge in [-0.25, -0.2) is 9.69 Å². The lowest BCUT2D eigenvalue weighted by molar-refractivity contribution is -0.121. The van der Waals surface area contributed by atoms with Gasteiger partial charge in [0.15, 0.2) is 0 Å². The van der Waals surface area contributed by atoms with E-state index in [1.54, 1.807) is 38.1 Å². The van der Waals surface area contributed by atoms with Crippen LogP contribution >= 0.6 is 0 Å². The van der Waals surface area contributed by atoms with Crippen LogP contribution in [-0.4, -0.2) is 23.4 Å². The Balaban J connectivity index is 2.35. The number of amides is 4. The number of hydrogen-bond donors (Lipinski definition) is 2. The molecular formula is C13H15N3O3. The zero-order valence-electron chi connectivity index (χ0n) is 11.0. The first-order chi connectivity index (χ1) is 8.81. The number of carbonyl (C=O) groups excluding carboxylic acids is 3. The van der Waals surface area contributed by atoms with Crippen LogP contribution in [0.1, 0.15) is 20.8 Å². The van der Waals surface area contributed by atoms with E-state index in [0.29, 0.717) is 11.4 Å². The molecule has 6 heteroatoms. The standard InChI is InChI=1S/C13H15N3O3/c1-8(17)14-9-5-4-6-10(7-9)16-11(18)13(2,3)15-12(16)19/h4-7H,1-3H3,(H,14,17)(H,15,19). The van der Waals surface area contributed by atoms with Crippen molar-refractivity contribution in [3.8, 4) is 0 Å². The zero-order chi connectivity index (χ0) is 14.2. The van der Waals surface area contributed by atoms with E-state index < -0.39 is 11.6 Å². The lowest BCUT2D eigenvalue weighted by Crippen LogP contribution is -2.40. The first-order valence-corrected chi connectivity index (χ1v) is 5.85. The molecule has 100 valence electrons. The maximum atomic E-state index is 12.1. The summed E-state index contributed by atoms with van der Waals surface area (Å²) >= 11 is 0. The molecule has 0 aliphatic carbocycles. The van der Waals surface area contributed by atoms with Gasteiger partial charge >= 0.3 is 6.03 Å². The normalized spacial score (nSPS) is 17.3. The molecule has 0 spiro atoms. The number of nitrogens with zero attached hydrogens (tertiary/aromatic N) is 1. The molecule has 0 radical (unpaired) electrons. The van der Waals surface area contributed by atoms with Gasteiger partial charge in [0, 0.05) is 12.6 Å². The molecule has 1 aliphatic rings. The second-order valence-electron chi connectivity index (χ2n) is 4.93. The summed E-state index contributed by atoms with van der Waals surface area (Å²) in [4.78, 5) is 36.0. The molecule has 0 bridgehead atoms. The molecule has 0 saturated carbocycles. The third-order valence-corrected chi connectivity index (χ3v) is 2.78. The Morgan fingerprint density at radius 2 is 2.00 bits per heavy atom. The van der Waals surface area contributed by atoms with Crippen molar-refractivity contribution in [1.29, 1.82) is 0 Å². The lowest BCUT2D eigenvalue weighted by Gasteiger charge is -2.16. The van der Waals surface area contributed by atoms with Crippen LogP contribution in [0.5, 0.6) is 0 Å². The monoisotopic (exact) mass is 261 g/mol. The zero-order valence-corrected chi connectivity index (χ0v) is 11.0. The van der Waals surface area contributed by atoms with E-state index in [1.807, 2.05) is 0 Å². The highest BCUT2D eigenvalue weighted by Crippen LogP contribution is 2.26. The Labute approximate surface area is 110 Å². The minimum absolute atomic E-state index is 0.213. The third kappa shape index (κ3) is 2.42. The van der Waals surface area contributed by atoms with Crippen molar-refractivity contribution < 1.29 is 14.4 Å².